The molecule has 34 heavy (non-hydrogen) atoms. The van der Waals surface area contributed by atoms with E-state index in [1.54, 1.807) is 14.4 Å². The summed E-state index contributed by atoms with van der Waals surface area (Å²) < 4.78 is 1.55. The molecule has 1 saturated heterocycles. The maximum atomic E-state index is 13.6. The van der Waals surface area contributed by atoms with Crippen molar-refractivity contribution in [1.82, 2.24) is 24.6 Å². The highest BCUT2D eigenvalue weighted by molar-refractivity contribution is 6.01. The molecule has 0 spiro atoms. The van der Waals surface area contributed by atoms with Gasteiger partial charge in [-0.15, -0.1) is 10.2 Å². The fraction of sp³-hybridized carbons (Fsp3) is 0.280. The Bertz CT molecular complexity index is 1180. The van der Waals surface area contributed by atoms with Crippen molar-refractivity contribution in [2.45, 2.75) is 38.1 Å². The van der Waals surface area contributed by atoms with Crippen LogP contribution in [0.5, 0.6) is 0 Å². The summed E-state index contributed by atoms with van der Waals surface area (Å²) in [5.74, 6) is -0.708. The summed E-state index contributed by atoms with van der Waals surface area (Å²) in [6, 6.07) is 19.7. The van der Waals surface area contributed by atoms with Gasteiger partial charge >= 0.3 is 0 Å². The molecule has 0 radical (unpaired) electrons. The summed E-state index contributed by atoms with van der Waals surface area (Å²) in [5.41, 5.74) is 2.14. The molecule has 2 aromatic carbocycles. The third-order valence-corrected chi connectivity index (χ3v) is 6.34. The summed E-state index contributed by atoms with van der Waals surface area (Å²) in [7, 11) is 0. The number of aliphatic hydroxyl groups is 2. The highest BCUT2D eigenvalue weighted by atomic mass is 16.3. The topological polar surface area (TPSA) is 107 Å². The van der Waals surface area contributed by atoms with Crippen LogP contribution in [-0.2, 0) is 4.79 Å². The smallest absolute Gasteiger partial charge is 0.274 e. The van der Waals surface area contributed by atoms with Crippen molar-refractivity contribution < 1.29 is 15.0 Å². The number of aromatic nitrogens is 3. The van der Waals surface area contributed by atoms with E-state index in [1.807, 2.05) is 50.2 Å². The number of piperazine rings is 1. The van der Waals surface area contributed by atoms with E-state index in [0.29, 0.717) is 6.54 Å². The number of hydrogen-bond donors (Lipinski definition) is 2. The zero-order valence-corrected chi connectivity index (χ0v) is 18.9. The molecule has 3 heterocycles. The van der Waals surface area contributed by atoms with Crippen LogP contribution in [0, 0.1) is 0 Å². The van der Waals surface area contributed by atoms with E-state index in [2.05, 4.69) is 39.5 Å². The van der Waals surface area contributed by atoms with Crippen molar-refractivity contribution in [1.29, 1.82) is 0 Å². The summed E-state index contributed by atoms with van der Waals surface area (Å²) in [4.78, 5) is 21.4. The van der Waals surface area contributed by atoms with Crippen molar-refractivity contribution in [3.8, 4) is 0 Å². The summed E-state index contributed by atoms with van der Waals surface area (Å²) in [6.07, 6.45) is 1.36. The van der Waals surface area contributed by atoms with Gasteiger partial charge in [-0.05, 0) is 25.0 Å². The van der Waals surface area contributed by atoms with E-state index >= 15 is 0 Å². The van der Waals surface area contributed by atoms with Gasteiger partial charge in [-0.25, -0.2) is 4.99 Å². The molecule has 0 aliphatic carbocycles. The maximum Gasteiger partial charge on any atom is 0.274 e. The molecule has 1 aromatic heterocycles. The summed E-state index contributed by atoms with van der Waals surface area (Å²) >= 11 is 0. The lowest BCUT2D eigenvalue weighted by molar-refractivity contribution is -0.135. The molecule has 2 N–H and O–H groups in total. The third kappa shape index (κ3) is 3.63. The number of nitrogens with zero attached hydrogens (tertiary/aromatic N) is 6. The van der Waals surface area contributed by atoms with Gasteiger partial charge in [-0.1, -0.05) is 60.7 Å². The lowest BCUT2D eigenvalue weighted by Gasteiger charge is -2.49. The first-order valence-electron chi connectivity index (χ1n) is 11.2. The van der Waals surface area contributed by atoms with Gasteiger partial charge in [0.15, 0.2) is 11.5 Å². The lowest BCUT2D eigenvalue weighted by Crippen LogP contribution is -2.62. The predicted octanol–water partition coefficient (Wildman–Crippen LogP) is 2.34. The largest absolute Gasteiger partial charge is 0.506 e. The maximum absolute atomic E-state index is 13.6. The van der Waals surface area contributed by atoms with E-state index in [0.717, 1.165) is 11.1 Å². The van der Waals surface area contributed by atoms with Gasteiger partial charge < -0.3 is 15.1 Å². The van der Waals surface area contributed by atoms with Crippen molar-refractivity contribution in [2.24, 2.45) is 4.99 Å². The van der Waals surface area contributed by atoms with E-state index in [4.69, 9.17) is 0 Å². The Labute approximate surface area is 197 Å². The number of aliphatic imine (C=N–C) groups is 1. The van der Waals surface area contributed by atoms with Crippen LogP contribution < -0.4 is 0 Å². The highest BCUT2D eigenvalue weighted by Gasteiger charge is 2.48. The highest BCUT2D eigenvalue weighted by Crippen LogP contribution is 2.39. The van der Waals surface area contributed by atoms with Gasteiger partial charge in [-0.2, -0.15) is 0 Å². The quantitative estimate of drug-likeness (QED) is 0.622. The summed E-state index contributed by atoms with van der Waals surface area (Å²) in [6.45, 7) is 4.27. The fourth-order valence-corrected chi connectivity index (χ4v) is 4.76. The van der Waals surface area contributed by atoms with Crippen LogP contribution in [0.3, 0.4) is 0 Å². The molecule has 0 bridgehead atoms. The number of benzene rings is 2. The molecule has 3 aromatic rings. The Balaban J connectivity index is 1.74. The second kappa shape index (κ2) is 8.75. The van der Waals surface area contributed by atoms with Gasteiger partial charge in [0.2, 0.25) is 12.2 Å². The van der Waals surface area contributed by atoms with Gasteiger partial charge in [-0.3, -0.25) is 14.3 Å². The molecule has 1 fully saturated rings. The molecule has 5 rings (SSSR count). The molecule has 0 saturated carbocycles. The first kappa shape index (κ1) is 21.8. The van der Waals surface area contributed by atoms with E-state index < -0.39 is 12.0 Å². The van der Waals surface area contributed by atoms with Crippen molar-refractivity contribution in [2.75, 3.05) is 6.54 Å². The first-order chi connectivity index (χ1) is 16.5. The molecule has 1 unspecified atom stereocenters. The van der Waals surface area contributed by atoms with Crippen LogP contribution in [0.25, 0.3) is 0 Å². The van der Waals surface area contributed by atoms with Crippen molar-refractivity contribution >= 4 is 11.9 Å². The van der Waals surface area contributed by atoms with E-state index in [-0.39, 0.29) is 35.6 Å². The molecule has 2 aliphatic heterocycles. The van der Waals surface area contributed by atoms with E-state index in [9.17, 15) is 15.0 Å². The number of aliphatic hydroxyl groups excluding tert-OH is 2. The normalized spacial score (nSPS) is 20.7. The zero-order valence-electron chi connectivity index (χ0n) is 18.9. The van der Waals surface area contributed by atoms with Crippen LogP contribution in [-0.4, -0.2) is 71.5 Å². The third-order valence-electron chi connectivity index (χ3n) is 6.34. The first-order valence-corrected chi connectivity index (χ1v) is 11.2. The molecular weight excluding hydrogens is 432 g/mol. The molecule has 2 atom stereocenters. The Kier molecular flexibility index (Phi) is 5.62. The SMILES string of the molecule is CC(C)N1C[C@H](C(c2ccccc2)c2ccccc2)N2C(n3cnnc3)=NC(O)C(O)=C2C1=O. The Morgan fingerprint density at radius 3 is 2.03 bits per heavy atom. The summed E-state index contributed by atoms with van der Waals surface area (Å²) in [5, 5.41) is 29.2. The minimum absolute atomic E-state index is 0.0213. The van der Waals surface area contributed by atoms with E-state index in [1.165, 1.54) is 12.7 Å². The molecule has 9 heteroatoms. The average Bonchev–Trinajstić information content (AvgIpc) is 3.38. The molecular formula is C25H26N6O3. The van der Waals surface area contributed by atoms with Crippen molar-refractivity contribution in [3.63, 3.8) is 0 Å². The van der Waals surface area contributed by atoms with Gasteiger partial charge in [0.25, 0.3) is 5.91 Å². The van der Waals surface area contributed by atoms with Crippen LogP contribution in [0.1, 0.15) is 30.9 Å². The molecule has 2 aliphatic rings. The minimum atomic E-state index is -1.56. The van der Waals surface area contributed by atoms with Gasteiger partial charge in [0, 0.05) is 18.5 Å². The average molecular weight is 459 g/mol. The zero-order chi connectivity index (χ0) is 23.8. The van der Waals surface area contributed by atoms with Crippen LogP contribution in [0.15, 0.2) is 89.8 Å². The van der Waals surface area contributed by atoms with Gasteiger partial charge in [0.1, 0.15) is 12.7 Å². The Hall–Kier alpha value is -3.98. The Morgan fingerprint density at radius 2 is 1.50 bits per heavy atom. The number of hydrogen-bond acceptors (Lipinski definition) is 7. The van der Waals surface area contributed by atoms with Crippen LogP contribution in [0.2, 0.25) is 0 Å². The second-order valence-electron chi connectivity index (χ2n) is 8.69. The minimum Gasteiger partial charge on any atom is -0.506 e. The standard InChI is InChI=1S/C25H26N6O3/c1-16(2)30-13-19(20(17-9-5-3-6-10-17)18-11-7-4-8-12-18)31-21(24(30)34)22(32)23(33)28-25(31)29-14-26-27-15-29/h3-12,14-16,19-20,23,32-33H,13H2,1-2H3/t19-,23?/m1/s1. The Morgan fingerprint density at radius 1 is 0.941 bits per heavy atom. The van der Waals surface area contributed by atoms with Crippen molar-refractivity contribution in [3.05, 3.63) is 95.9 Å². The van der Waals surface area contributed by atoms with Crippen LogP contribution >= 0.6 is 0 Å². The monoisotopic (exact) mass is 458 g/mol. The predicted molar refractivity (Wildman–Crippen MR) is 126 cm³/mol. The number of fused-ring (bicyclic) bond motifs is 1. The molecule has 9 nitrogen and oxygen atoms in total. The second-order valence-corrected chi connectivity index (χ2v) is 8.69. The number of amides is 1. The lowest BCUT2D eigenvalue weighted by atomic mass is 9.82. The molecule has 1 amide bonds. The number of carbonyl (C=O) groups excluding carboxylic acids is 1. The van der Waals surface area contributed by atoms with Gasteiger partial charge in [0.05, 0.1) is 6.04 Å². The van der Waals surface area contributed by atoms with Crippen LogP contribution in [0.4, 0.5) is 0 Å². The number of rotatable bonds is 4. The molecule has 174 valence electrons. The number of carbonyl (C=O) groups is 1. The fourth-order valence-electron chi connectivity index (χ4n) is 4.76.